The number of likely N-dealkylation sites (tertiary alicyclic amines) is 1. The van der Waals surface area contributed by atoms with Gasteiger partial charge in [0.15, 0.2) is 0 Å². The van der Waals surface area contributed by atoms with Gasteiger partial charge >= 0.3 is 0 Å². The van der Waals surface area contributed by atoms with E-state index in [-0.39, 0.29) is 5.41 Å². The van der Waals surface area contributed by atoms with Gasteiger partial charge in [0.05, 0.1) is 6.10 Å². The molecule has 2 aromatic carbocycles. The third kappa shape index (κ3) is 4.05. The summed E-state index contributed by atoms with van der Waals surface area (Å²) in [6, 6.07) is 17.6. The Hall–Kier alpha value is -1.84. The summed E-state index contributed by atoms with van der Waals surface area (Å²) in [7, 11) is 0. The van der Waals surface area contributed by atoms with Crippen molar-refractivity contribution in [3.63, 3.8) is 0 Å². The van der Waals surface area contributed by atoms with Crippen LogP contribution in [0.4, 0.5) is 0 Å². The molecular weight excluding hydrogens is 310 g/mol. The highest BCUT2D eigenvalue weighted by Crippen LogP contribution is 2.40. The number of nitrogens with zero attached hydrogens (tertiary/aromatic N) is 1. The van der Waals surface area contributed by atoms with Crippen LogP contribution in [0.5, 0.6) is 5.75 Å². The maximum atomic E-state index is 10.4. The number of aliphatic hydroxyl groups is 1. The lowest BCUT2D eigenvalue weighted by Gasteiger charge is -2.45. The minimum Gasteiger partial charge on any atom is -0.508 e. The Kier molecular flexibility index (Phi) is 5.45. The van der Waals surface area contributed by atoms with E-state index >= 15 is 0 Å². The Balaban J connectivity index is 1.58. The molecule has 1 aliphatic heterocycles. The van der Waals surface area contributed by atoms with Crippen molar-refractivity contribution < 1.29 is 10.2 Å². The molecule has 1 fully saturated rings. The molecule has 3 heteroatoms. The van der Waals surface area contributed by atoms with E-state index in [4.69, 9.17) is 0 Å². The van der Waals surface area contributed by atoms with Gasteiger partial charge in [0.25, 0.3) is 0 Å². The van der Waals surface area contributed by atoms with Crippen molar-refractivity contribution in [3.8, 4) is 5.75 Å². The van der Waals surface area contributed by atoms with E-state index in [2.05, 4.69) is 24.8 Å². The lowest BCUT2D eigenvalue weighted by atomic mass is 9.68. The lowest BCUT2D eigenvalue weighted by molar-refractivity contribution is 0.0868. The Morgan fingerprint density at radius 2 is 1.92 bits per heavy atom. The smallest absolute Gasteiger partial charge is 0.115 e. The van der Waals surface area contributed by atoms with Crippen LogP contribution in [-0.4, -0.2) is 34.7 Å². The van der Waals surface area contributed by atoms with Gasteiger partial charge in [-0.05, 0) is 54.0 Å². The van der Waals surface area contributed by atoms with Crippen LogP contribution in [0, 0.1) is 5.92 Å². The molecule has 3 atom stereocenters. The topological polar surface area (TPSA) is 43.7 Å². The SMILES string of the molecule is C[C@H]1CN(CC[C@@H](O)c2ccccc2)CC[C@]1(C)c1cccc(O)c1. The number of piperidine rings is 1. The molecule has 2 aromatic rings. The molecule has 0 unspecified atom stereocenters. The number of rotatable bonds is 5. The first-order chi connectivity index (χ1) is 12.0. The van der Waals surface area contributed by atoms with Crippen LogP contribution >= 0.6 is 0 Å². The highest BCUT2D eigenvalue weighted by Gasteiger charge is 2.38. The highest BCUT2D eigenvalue weighted by atomic mass is 16.3. The first-order valence-electron chi connectivity index (χ1n) is 9.24. The van der Waals surface area contributed by atoms with Crippen molar-refractivity contribution in [2.75, 3.05) is 19.6 Å². The van der Waals surface area contributed by atoms with Crippen LogP contribution in [0.1, 0.15) is 43.9 Å². The zero-order valence-corrected chi connectivity index (χ0v) is 15.2. The molecular formula is C22H29NO2. The molecule has 0 aliphatic carbocycles. The van der Waals surface area contributed by atoms with Gasteiger partial charge in [0.1, 0.15) is 5.75 Å². The molecule has 1 aliphatic rings. The molecule has 0 amide bonds. The van der Waals surface area contributed by atoms with Crippen LogP contribution < -0.4 is 0 Å². The van der Waals surface area contributed by atoms with Gasteiger partial charge in [-0.25, -0.2) is 0 Å². The van der Waals surface area contributed by atoms with Gasteiger partial charge in [0, 0.05) is 13.1 Å². The first kappa shape index (κ1) is 18.0. The van der Waals surface area contributed by atoms with Crippen molar-refractivity contribution in [1.82, 2.24) is 4.90 Å². The normalized spacial score (nSPS) is 25.6. The summed E-state index contributed by atoms with van der Waals surface area (Å²) >= 11 is 0. The van der Waals surface area contributed by atoms with Crippen molar-refractivity contribution in [3.05, 3.63) is 65.7 Å². The molecule has 0 spiro atoms. The second-order valence-electron chi connectivity index (χ2n) is 7.63. The molecule has 0 aromatic heterocycles. The second kappa shape index (κ2) is 7.59. The summed E-state index contributed by atoms with van der Waals surface area (Å²) in [6.45, 7) is 7.56. The average molecular weight is 339 g/mol. The third-order valence-electron chi connectivity index (χ3n) is 5.98. The van der Waals surface area contributed by atoms with E-state index in [9.17, 15) is 10.2 Å². The molecule has 0 radical (unpaired) electrons. The fraction of sp³-hybridized carbons (Fsp3) is 0.455. The van der Waals surface area contributed by atoms with E-state index < -0.39 is 6.10 Å². The van der Waals surface area contributed by atoms with Gasteiger partial charge < -0.3 is 15.1 Å². The molecule has 1 heterocycles. The summed E-state index contributed by atoms with van der Waals surface area (Å²) in [6.07, 6.45) is 1.44. The van der Waals surface area contributed by atoms with Crippen molar-refractivity contribution in [2.24, 2.45) is 5.92 Å². The Morgan fingerprint density at radius 1 is 1.16 bits per heavy atom. The van der Waals surface area contributed by atoms with Gasteiger partial charge in [0.2, 0.25) is 0 Å². The molecule has 3 rings (SSSR count). The fourth-order valence-electron chi connectivity index (χ4n) is 3.96. The Labute approximate surface area is 150 Å². The minimum atomic E-state index is -0.393. The van der Waals surface area contributed by atoms with Gasteiger partial charge in [-0.3, -0.25) is 0 Å². The average Bonchev–Trinajstić information content (AvgIpc) is 2.63. The maximum absolute atomic E-state index is 10.4. The van der Waals surface area contributed by atoms with Crippen LogP contribution in [-0.2, 0) is 5.41 Å². The fourth-order valence-corrected chi connectivity index (χ4v) is 3.96. The number of phenolic OH excluding ortho intramolecular Hbond substituents is 1. The number of aromatic hydroxyl groups is 1. The second-order valence-corrected chi connectivity index (χ2v) is 7.63. The van der Waals surface area contributed by atoms with E-state index in [1.54, 1.807) is 6.07 Å². The highest BCUT2D eigenvalue weighted by molar-refractivity contribution is 5.33. The monoisotopic (exact) mass is 339 g/mol. The Bertz CT molecular complexity index is 687. The summed E-state index contributed by atoms with van der Waals surface area (Å²) in [5.74, 6) is 0.844. The quantitative estimate of drug-likeness (QED) is 0.861. The third-order valence-corrected chi connectivity index (χ3v) is 5.98. The largest absolute Gasteiger partial charge is 0.508 e. The number of hydrogen-bond acceptors (Lipinski definition) is 3. The number of phenols is 1. The predicted octanol–water partition coefficient (Wildman–Crippen LogP) is 4.12. The molecule has 2 N–H and O–H groups in total. The van der Waals surface area contributed by atoms with Gasteiger partial charge in [-0.1, -0.05) is 56.3 Å². The number of benzene rings is 2. The van der Waals surface area contributed by atoms with Crippen LogP contribution in [0.3, 0.4) is 0 Å². The van der Waals surface area contributed by atoms with Gasteiger partial charge in [-0.15, -0.1) is 0 Å². The summed E-state index contributed by atoms with van der Waals surface area (Å²) in [5, 5.41) is 20.2. The van der Waals surface area contributed by atoms with E-state index in [0.717, 1.165) is 38.0 Å². The summed E-state index contributed by atoms with van der Waals surface area (Å²) < 4.78 is 0. The minimum absolute atomic E-state index is 0.0906. The maximum Gasteiger partial charge on any atom is 0.115 e. The Morgan fingerprint density at radius 3 is 2.60 bits per heavy atom. The van der Waals surface area contributed by atoms with E-state index in [1.807, 2.05) is 42.5 Å². The molecule has 3 nitrogen and oxygen atoms in total. The predicted molar refractivity (Wildman–Crippen MR) is 102 cm³/mol. The lowest BCUT2D eigenvalue weighted by Crippen LogP contribution is -2.47. The number of hydrogen-bond donors (Lipinski definition) is 2. The van der Waals surface area contributed by atoms with Crippen molar-refractivity contribution in [2.45, 2.75) is 38.2 Å². The summed E-state index contributed by atoms with van der Waals surface area (Å²) in [5.41, 5.74) is 2.31. The molecule has 0 saturated carbocycles. The summed E-state index contributed by atoms with van der Waals surface area (Å²) in [4.78, 5) is 2.46. The van der Waals surface area contributed by atoms with Crippen LogP contribution in [0.2, 0.25) is 0 Å². The van der Waals surface area contributed by atoms with Crippen LogP contribution in [0.25, 0.3) is 0 Å². The van der Waals surface area contributed by atoms with Gasteiger partial charge in [-0.2, -0.15) is 0 Å². The molecule has 1 saturated heterocycles. The number of aliphatic hydroxyl groups excluding tert-OH is 1. The van der Waals surface area contributed by atoms with Crippen LogP contribution in [0.15, 0.2) is 54.6 Å². The van der Waals surface area contributed by atoms with E-state index in [0.29, 0.717) is 11.7 Å². The standard InChI is InChI=1S/C22H29NO2/c1-17-16-23(13-11-21(25)18-7-4-3-5-8-18)14-12-22(17,2)19-9-6-10-20(24)15-19/h3-10,15,17,21,24-25H,11-14,16H2,1-2H3/t17-,21+,22-/m0/s1. The molecule has 134 valence electrons. The zero-order valence-electron chi connectivity index (χ0n) is 15.2. The first-order valence-corrected chi connectivity index (χ1v) is 9.24. The van der Waals surface area contributed by atoms with Crippen molar-refractivity contribution in [1.29, 1.82) is 0 Å². The molecule has 25 heavy (non-hydrogen) atoms. The zero-order chi connectivity index (χ0) is 17.9. The molecule has 0 bridgehead atoms. The van der Waals surface area contributed by atoms with Crippen molar-refractivity contribution >= 4 is 0 Å². The van der Waals surface area contributed by atoms with E-state index in [1.165, 1.54) is 5.56 Å².